The van der Waals surface area contributed by atoms with Crippen molar-refractivity contribution in [2.45, 2.75) is 19.4 Å². The number of hydrogen-bond donors (Lipinski definition) is 0. The highest BCUT2D eigenvalue weighted by Crippen LogP contribution is 2.26. The van der Waals surface area contributed by atoms with Crippen molar-refractivity contribution in [3.63, 3.8) is 0 Å². The lowest BCUT2D eigenvalue weighted by atomic mass is 9.98. The minimum atomic E-state index is -0.227. The number of imidazole rings is 1. The van der Waals surface area contributed by atoms with Gasteiger partial charge >= 0.3 is 0 Å². The summed E-state index contributed by atoms with van der Waals surface area (Å²) in [5, 5.41) is 0. The van der Waals surface area contributed by atoms with Crippen LogP contribution in [0, 0.1) is 0 Å². The summed E-state index contributed by atoms with van der Waals surface area (Å²) in [6.45, 7) is 4.26. The van der Waals surface area contributed by atoms with Gasteiger partial charge in [-0.3, -0.25) is 4.98 Å². The van der Waals surface area contributed by atoms with Crippen LogP contribution in [0.1, 0.15) is 19.5 Å². The van der Waals surface area contributed by atoms with Gasteiger partial charge in [-0.15, -0.1) is 0 Å². The average Bonchev–Trinajstić information content (AvgIpc) is 3.10. The van der Waals surface area contributed by atoms with Crippen LogP contribution in [0.3, 0.4) is 0 Å². The van der Waals surface area contributed by atoms with Crippen LogP contribution < -0.4 is 4.74 Å². The predicted molar refractivity (Wildman–Crippen MR) is 86.9 cm³/mol. The zero-order chi connectivity index (χ0) is 15.6. The zero-order valence-corrected chi connectivity index (χ0v) is 13.0. The van der Waals surface area contributed by atoms with Gasteiger partial charge in [0.15, 0.2) is 0 Å². The van der Waals surface area contributed by atoms with E-state index in [1.54, 1.807) is 13.3 Å². The first-order chi connectivity index (χ1) is 10.6. The fraction of sp³-hybridized carbons (Fsp3) is 0.222. The van der Waals surface area contributed by atoms with Crippen LogP contribution in [-0.2, 0) is 5.54 Å². The standard InChI is InChI=1S/C18H19N3O/c1-18(2,21-11-10-19-13-21)17-9-6-15(12-20-17)14-4-7-16(22-3)8-5-14/h4-13H,1-3H3. The molecule has 0 N–H and O–H groups in total. The monoisotopic (exact) mass is 293 g/mol. The molecule has 4 nitrogen and oxygen atoms in total. The van der Waals surface area contributed by atoms with E-state index in [2.05, 4.69) is 40.5 Å². The Morgan fingerprint density at radius 2 is 1.73 bits per heavy atom. The molecule has 0 aliphatic rings. The number of benzene rings is 1. The van der Waals surface area contributed by atoms with E-state index in [-0.39, 0.29) is 5.54 Å². The normalized spacial score (nSPS) is 11.4. The van der Waals surface area contributed by atoms with Gasteiger partial charge in [-0.2, -0.15) is 0 Å². The van der Waals surface area contributed by atoms with Crippen molar-refractivity contribution >= 4 is 0 Å². The van der Waals surface area contributed by atoms with Crippen LogP contribution in [0.4, 0.5) is 0 Å². The molecule has 0 unspecified atom stereocenters. The molecule has 0 saturated heterocycles. The summed E-state index contributed by atoms with van der Waals surface area (Å²) in [4.78, 5) is 8.76. The topological polar surface area (TPSA) is 39.9 Å². The molecule has 0 aliphatic heterocycles. The molecule has 0 amide bonds. The molecule has 0 aliphatic carbocycles. The molecular weight excluding hydrogens is 274 g/mol. The third kappa shape index (κ3) is 2.60. The van der Waals surface area contributed by atoms with Gasteiger partial charge < -0.3 is 9.30 Å². The molecule has 3 rings (SSSR count). The molecule has 2 heterocycles. The Kier molecular flexibility index (Phi) is 3.67. The molecule has 4 heteroatoms. The predicted octanol–water partition coefficient (Wildman–Crippen LogP) is 3.74. The summed E-state index contributed by atoms with van der Waals surface area (Å²) in [5.74, 6) is 0.856. The summed E-state index contributed by atoms with van der Waals surface area (Å²) in [6, 6.07) is 12.2. The van der Waals surface area contributed by atoms with Gasteiger partial charge in [0.2, 0.25) is 0 Å². The van der Waals surface area contributed by atoms with Crippen LogP contribution in [0.2, 0.25) is 0 Å². The molecule has 2 aromatic heterocycles. The number of aromatic nitrogens is 3. The summed E-state index contributed by atoms with van der Waals surface area (Å²) in [6.07, 6.45) is 7.47. The minimum absolute atomic E-state index is 0.227. The SMILES string of the molecule is COc1ccc(-c2ccc(C(C)(C)n3ccnc3)nc2)cc1. The number of hydrogen-bond acceptors (Lipinski definition) is 3. The second-order valence-corrected chi connectivity index (χ2v) is 5.69. The van der Waals surface area contributed by atoms with Crippen molar-refractivity contribution in [3.05, 3.63) is 67.0 Å². The highest BCUT2D eigenvalue weighted by molar-refractivity contribution is 5.63. The minimum Gasteiger partial charge on any atom is -0.497 e. The van der Waals surface area contributed by atoms with Crippen LogP contribution in [0.25, 0.3) is 11.1 Å². The lowest BCUT2D eigenvalue weighted by Crippen LogP contribution is -2.27. The molecule has 0 radical (unpaired) electrons. The highest BCUT2D eigenvalue weighted by atomic mass is 16.5. The van der Waals surface area contributed by atoms with E-state index in [1.807, 2.05) is 43.0 Å². The fourth-order valence-corrected chi connectivity index (χ4v) is 2.43. The molecule has 1 aromatic carbocycles. The largest absolute Gasteiger partial charge is 0.497 e. The van der Waals surface area contributed by atoms with E-state index in [9.17, 15) is 0 Å². The van der Waals surface area contributed by atoms with Gasteiger partial charge in [0.05, 0.1) is 24.7 Å². The lowest BCUT2D eigenvalue weighted by Gasteiger charge is -2.26. The van der Waals surface area contributed by atoms with Crippen LogP contribution in [0.5, 0.6) is 5.75 Å². The fourth-order valence-electron chi connectivity index (χ4n) is 2.43. The number of ether oxygens (including phenoxy) is 1. The van der Waals surface area contributed by atoms with E-state index in [0.717, 1.165) is 22.6 Å². The van der Waals surface area contributed by atoms with E-state index in [1.165, 1.54) is 0 Å². The molecule has 22 heavy (non-hydrogen) atoms. The molecule has 3 aromatic rings. The maximum atomic E-state index is 5.19. The van der Waals surface area contributed by atoms with E-state index >= 15 is 0 Å². The highest BCUT2D eigenvalue weighted by Gasteiger charge is 2.23. The van der Waals surface area contributed by atoms with E-state index in [0.29, 0.717) is 0 Å². The summed E-state index contributed by atoms with van der Waals surface area (Å²) in [5.41, 5.74) is 2.99. The maximum Gasteiger partial charge on any atom is 0.118 e. The Hall–Kier alpha value is -2.62. The Balaban J connectivity index is 1.89. The van der Waals surface area contributed by atoms with Crippen molar-refractivity contribution < 1.29 is 4.74 Å². The van der Waals surface area contributed by atoms with Gasteiger partial charge in [0.1, 0.15) is 5.75 Å². The molecule has 112 valence electrons. The second kappa shape index (κ2) is 5.64. The van der Waals surface area contributed by atoms with Crippen molar-refractivity contribution in [2.75, 3.05) is 7.11 Å². The molecular formula is C18H19N3O. The van der Waals surface area contributed by atoms with Crippen molar-refractivity contribution in [3.8, 4) is 16.9 Å². The summed E-state index contributed by atoms with van der Waals surface area (Å²) >= 11 is 0. The molecule has 0 spiro atoms. The third-order valence-electron chi connectivity index (χ3n) is 3.96. The first-order valence-corrected chi connectivity index (χ1v) is 7.20. The average molecular weight is 293 g/mol. The van der Waals surface area contributed by atoms with Crippen LogP contribution in [0.15, 0.2) is 61.3 Å². The Morgan fingerprint density at radius 1 is 1.00 bits per heavy atom. The molecule has 0 bridgehead atoms. The number of rotatable bonds is 4. The summed E-state index contributed by atoms with van der Waals surface area (Å²) in [7, 11) is 1.67. The van der Waals surface area contributed by atoms with Gasteiger partial charge in [-0.1, -0.05) is 18.2 Å². The number of pyridine rings is 1. The molecule has 0 saturated carbocycles. The van der Waals surface area contributed by atoms with Crippen LogP contribution in [-0.4, -0.2) is 21.6 Å². The molecule has 0 atom stereocenters. The number of methoxy groups -OCH3 is 1. The van der Waals surface area contributed by atoms with E-state index in [4.69, 9.17) is 4.74 Å². The van der Waals surface area contributed by atoms with Gasteiger partial charge in [0, 0.05) is 24.2 Å². The molecule has 0 fully saturated rings. The number of nitrogens with zero attached hydrogens (tertiary/aromatic N) is 3. The first-order valence-electron chi connectivity index (χ1n) is 7.20. The third-order valence-corrected chi connectivity index (χ3v) is 3.96. The van der Waals surface area contributed by atoms with Crippen molar-refractivity contribution in [1.82, 2.24) is 14.5 Å². The smallest absolute Gasteiger partial charge is 0.118 e. The summed E-state index contributed by atoms with van der Waals surface area (Å²) < 4.78 is 7.24. The zero-order valence-electron chi connectivity index (χ0n) is 13.0. The van der Waals surface area contributed by atoms with Gasteiger partial charge in [0.25, 0.3) is 0 Å². The van der Waals surface area contributed by atoms with Crippen molar-refractivity contribution in [2.24, 2.45) is 0 Å². The Labute approximate surface area is 130 Å². The Morgan fingerprint density at radius 3 is 2.27 bits per heavy atom. The first kappa shape index (κ1) is 14.3. The Bertz CT molecular complexity index is 729. The van der Waals surface area contributed by atoms with E-state index < -0.39 is 0 Å². The van der Waals surface area contributed by atoms with Gasteiger partial charge in [-0.05, 0) is 37.6 Å². The van der Waals surface area contributed by atoms with Crippen molar-refractivity contribution in [1.29, 1.82) is 0 Å². The quantitative estimate of drug-likeness (QED) is 0.735. The van der Waals surface area contributed by atoms with Crippen LogP contribution >= 0.6 is 0 Å². The lowest BCUT2D eigenvalue weighted by molar-refractivity contribution is 0.415. The maximum absolute atomic E-state index is 5.19. The van der Waals surface area contributed by atoms with Gasteiger partial charge in [-0.25, -0.2) is 4.98 Å². The second-order valence-electron chi connectivity index (χ2n) is 5.69.